The Bertz CT molecular complexity index is 295. The molecule has 0 N–H and O–H groups in total. The van der Waals surface area contributed by atoms with Gasteiger partial charge in [-0.05, 0) is 17.0 Å². The summed E-state index contributed by atoms with van der Waals surface area (Å²) in [5, 5.41) is 0. The molecule has 0 amide bonds. The molecule has 0 fully saturated rings. The van der Waals surface area contributed by atoms with Crippen molar-refractivity contribution in [3.05, 3.63) is 28.2 Å². The Morgan fingerprint density at radius 3 is 2.25 bits per heavy atom. The maximum absolute atomic E-state index is 12.3. The third-order valence-electron chi connectivity index (χ3n) is 1.57. The third kappa shape index (κ3) is 1.83. The number of halogens is 4. The summed E-state index contributed by atoms with van der Waals surface area (Å²) in [6.07, 6.45) is 0. The van der Waals surface area contributed by atoms with Gasteiger partial charge < -0.3 is 12.9 Å². The fraction of sp³-hybridized carbons (Fsp3) is 0.143. The van der Waals surface area contributed by atoms with Crippen LogP contribution >= 0.6 is 15.9 Å². The highest BCUT2D eigenvalue weighted by molar-refractivity contribution is 9.10. The highest BCUT2D eigenvalue weighted by atomic mass is 79.9. The van der Waals surface area contributed by atoms with Crippen LogP contribution in [0.15, 0.2) is 22.7 Å². The highest BCUT2D eigenvalue weighted by Gasteiger charge is 2.27. The Morgan fingerprint density at radius 2 is 1.83 bits per heavy atom. The molecule has 0 aliphatic rings. The summed E-state index contributed by atoms with van der Waals surface area (Å²) < 4.78 is 36.9. The number of hydrogen-bond acceptors (Lipinski definition) is 0. The van der Waals surface area contributed by atoms with Gasteiger partial charge >= 0.3 is 6.98 Å². The minimum absolute atomic E-state index is 0.150. The van der Waals surface area contributed by atoms with Crippen LogP contribution in [0.4, 0.5) is 12.9 Å². The number of benzene rings is 1. The largest absolute Gasteiger partial charge is 0.510 e. The molecule has 66 valence electrons. The van der Waals surface area contributed by atoms with Crippen molar-refractivity contribution in [2.45, 2.75) is 6.92 Å². The maximum Gasteiger partial charge on any atom is 0.510 e. The van der Waals surface area contributed by atoms with Crippen LogP contribution in [-0.4, -0.2) is 6.98 Å². The molecule has 0 nitrogen and oxygen atoms in total. The fourth-order valence-corrected chi connectivity index (χ4v) is 1.45. The molecule has 0 spiro atoms. The molecule has 0 aliphatic carbocycles. The summed E-state index contributed by atoms with van der Waals surface area (Å²) in [5.74, 6) is 0. The van der Waals surface area contributed by atoms with E-state index in [4.69, 9.17) is 0 Å². The quantitative estimate of drug-likeness (QED) is 0.659. The normalized spacial score (nSPS) is 11.8. The zero-order valence-electron chi connectivity index (χ0n) is 6.32. The van der Waals surface area contributed by atoms with Crippen molar-refractivity contribution in [1.82, 2.24) is 0 Å². The van der Waals surface area contributed by atoms with Gasteiger partial charge in [-0.25, -0.2) is 0 Å². The van der Waals surface area contributed by atoms with Crippen LogP contribution in [0.3, 0.4) is 0 Å². The van der Waals surface area contributed by atoms with Crippen molar-refractivity contribution in [1.29, 1.82) is 0 Å². The molecular weight excluding hydrogens is 232 g/mol. The summed E-state index contributed by atoms with van der Waals surface area (Å²) in [6, 6.07) is 4.12. The zero-order chi connectivity index (χ0) is 9.35. The van der Waals surface area contributed by atoms with E-state index >= 15 is 0 Å². The molecule has 0 aromatic heterocycles. The van der Waals surface area contributed by atoms with Crippen molar-refractivity contribution < 1.29 is 12.9 Å². The van der Waals surface area contributed by atoms with Gasteiger partial charge in [0.15, 0.2) is 0 Å². The van der Waals surface area contributed by atoms with Crippen LogP contribution in [0.2, 0.25) is 0 Å². The lowest BCUT2D eigenvalue weighted by molar-refractivity contribution is 0.500. The smallest absolute Gasteiger partial charge is 0.445 e. The summed E-state index contributed by atoms with van der Waals surface area (Å²) >= 11 is 2.91. The molecule has 0 bridgehead atoms. The lowest BCUT2D eigenvalue weighted by atomic mass is 9.79. The van der Waals surface area contributed by atoms with E-state index in [9.17, 15) is 12.9 Å². The molecule has 12 heavy (non-hydrogen) atoms. The first kappa shape index (κ1) is 9.64. The topological polar surface area (TPSA) is 0 Å². The summed E-state index contributed by atoms with van der Waals surface area (Å²) in [6.45, 7) is -3.26. The molecule has 0 atom stereocenters. The maximum atomic E-state index is 12.3. The summed E-state index contributed by atoms with van der Waals surface area (Å²) in [5.41, 5.74) is 0.0432. The summed E-state index contributed by atoms with van der Waals surface area (Å²) in [7, 11) is 0. The second-order valence-corrected chi connectivity index (χ2v) is 3.35. The van der Waals surface area contributed by atoms with Gasteiger partial charge in [-0.2, -0.15) is 0 Å². The van der Waals surface area contributed by atoms with Gasteiger partial charge in [0.2, 0.25) is 0 Å². The molecule has 5 heteroatoms. The predicted octanol–water partition coefficient (Wildman–Crippen LogP) is 2.81. The molecule has 0 radical (unpaired) electrons. The molecule has 0 saturated heterocycles. The third-order valence-corrected chi connectivity index (χ3v) is 2.66. The van der Waals surface area contributed by atoms with Crippen LogP contribution < -0.4 is 5.46 Å². The van der Waals surface area contributed by atoms with Gasteiger partial charge in [0.05, 0.1) is 0 Å². The van der Waals surface area contributed by atoms with Gasteiger partial charge in [-0.1, -0.05) is 39.6 Å². The van der Waals surface area contributed by atoms with Crippen molar-refractivity contribution in [2.75, 3.05) is 0 Å². The van der Waals surface area contributed by atoms with Crippen molar-refractivity contribution in [3.63, 3.8) is 0 Å². The van der Waals surface area contributed by atoms with Crippen molar-refractivity contribution in [2.24, 2.45) is 0 Å². The summed E-state index contributed by atoms with van der Waals surface area (Å²) in [4.78, 5) is 0. The second kappa shape index (κ2) is 3.13. The van der Waals surface area contributed by atoms with Crippen LogP contribution in [0.1, 0.15) is 5.56 Å². The SMILES string of the molecule is Cc1cccc([B-](F)(F)F)c1Br. The monoisotopic (exact) mass is 237 g/mol. The average Bonchev–Trinajstić information content (AvgIpc) is 1.92. The van der Waals surface area contributed by atoms with E-state index in [-0.39, 0.29) is 4.47 Å². The number of aryl methyl sites for hydroxylation is 1. The lowest BCUT2D eigenvalue weighted by Crippen LogP contribution is -2.35. The molecule has 0 aliphatic heterocycles. The minimum atomic E-state index is -4.90. The first-order valence-electron chi connectivity index (χ1n) is 3.38. The van der Waals surface area contributed by atoms with Crippen LogP contribution in [0.5, 0.6) is 0 Å². The molecule has 0 unspecified atom stereocenters. The van der Waals surface area contributed by atoms with E-state index in [0.717, 1.165) is 6.07 Å². The zero-order valence-corrected chi connectivity index (χ0v) is 7.91. The van der Waals surface area contributed by atoms with Crippen molar-refractivity contribution in [3.8, 4) is 0 Å². The Hall–Kier alpha value is -0.445. The highest BCUT2D eigenvalue weighted by Crippen LogP contribution is 2.19. The molecule has 0 heterocycles. The van der Waals surface area contributed by atoms with Gasteiger partial charge in [-0.15, -0.1) is 0 Å². The van der Waals surface area contributed by atoms with Gasteiger partial charge in [0, 0.05) is 0 Å². The average molecular weight is 238 g/mol. The van der Waals surface area contributed by atoms with E-state index in [1.807, 2.05) is 0 Å². The molecule has 1 aromatic carbocycles. The lowest BCUT2D eigenvalue weighted by Gasteiger charge is -2.17. The number of hydrogen-bond donors (Lipinski definition) is 0. The van der Waals surface area contributed by atoms with Gasteiger partial charge in [0.25, 0.3) is 0 Å². The standard InChI is InChI=1S/C7H6BBrF3/c1-5-3-2-4-6(7(5)9)8(10,11)12/h2-4H,1H3/q-1. The second-order valence-electron chi connectivity index (χ2n) is 2.55. The van der Waals surface area contributed by atoms with Crippen LogP contribution in [0, 0.1) is 6.92 Å². The van der Waals surface area contributed by atoms with E-state index in [2.05, 4.69) is 15.9 Å². The molecular formula is C7H6BBrF3-. The number of rotatable bonds is 1. The first-order chi connectivity index (χ1) is 5.43. The molecule has 1 rings (SSSR count). The first-order valence-corrected chi connectivity index (χ1v) is 4.17. The van der Waals surface area contributed by atoms with E-state index < -0.39 is 12.4 Å². The predicted molar refractivity (Wildman–Crippen MR) is 47.6 cm³/mol. The van der Waals surface area contributed by atoms with Crippen LogP contribution in [-0.2, 0) is 0 Å². The fourth-order valence-electron chi connectivity index (χ4n) is 0.923. The molecule has 1 aromatic rings. The van der Waals surface area contributed by atoms with E-state index in [0.29, 0.717) is 5.56 Å². The Kier molecular flexibility index (Phi) is 2.51. The minimum Gasteiger partial charge on any atom is -0.445 e. The van der Waals surface area contributed by atoms with Gasteiger partial charge in [0.1, 0.15) is 0 Å². The molecule has 0 saturated carbocycles. The Morgan fingerprint density at radius 1 is 1.25 bits per heavy atom. The van der Waals surface area contributed by atoms with Crippen LogP contribution in [0.25, 0.3) is 0 Å². The van der Waals surface area contributed by atoms with Gasteiger partial charge in [-0.3, -0.25) is 0 Å². The van der Waals surface area contributed by atoms with E-state index in [1.54, 1.807) is 13.0 Å². The Labute approximate surface area is 77.0 Å². The van der Waals surface area contributed by atoms with E-state index in [1.165, 1.54) is 6.07 Å². The Balaban J connectivity index is 3.26. The van der Waals surface area contributed by atoms with Crippen molar-refractivity contribution >= 4 is 28.4 Å².